The average Bonchev–Trinajstić information content (AvgIpc) is 3.46. The molecule has 3 N–H and O–H groups in total. The molecule has 0 fully saturated rings. The molecule has 0 spiro atoms. The number of unbranched alkanes of at least 4 members (excludes halogenated alkanes) is 50. The van der Waals surface area contributed by atoms with Crippen LogP contribution in [-0.4, -0.2) is 47.4 Å². The Bertz CT molecular complexity index is 1340. The molecule has 0 aromatic rings. The van der Waals surface area contributed by atoms with E-state index in [0.29, 0.717) is 19.4 Å². The Morgan fingerprint density at radius 2 is 0.625 bits per heavy atom. The van der Waals surface area contributed by atoms with Gasteiger partial charge in [-0.05, 0) is 89.9 Å². The van der Waals surface area contributed by atoms with Gasteiger partial charge in [-0.1, -0.05) is 332 Å². The zero-order chi connectivity index (χ0) is 57.8. The van der Waals surface area contributed by atoms with Gasteiger partial charge < -0.3 is 20.3 Å². The van der Waals surface area contributed by atoms with E-state index in [0.717, 1.165) is 51.4 Å². The highest BCUT2D eigenvalue weighted by Gasteiger charge is 2.18. The summed E-state index contributed by atoms with van der Waals surface area (Å²) >= 11 is 0. The fraction of sp³-hybridized carbons (Fsp3) is 0.865. The summed E-state index contributed by atoms with van der Waals surface area (Å²) in [5.74, 6) is -0.0709. The van der Waals surface area contributed by atoms with E-state index in [1.54, 1.807) is 6.08 Å². The average molecular weight is 1120 g/mol. The topological polar surface area (TPSA) is 95.9 Å². The van der Waals surface area contributed by atoms with Gasteiger partial charge in [0, 0.05) is 12.8 Å². The molecule has 0 rings (SSSR count). The molecular formula is C74H139NO5. The number of amides is 1. The molecule has 0 aliphatic heterocycles. The fourth-order valence-electron chi connectivity index (χ4n) is 11.1. The normalized spacial score (nSPS) is 12.8. The van der Waals surface area contributed by atoms with E-state index in [-0.39, 0.29) is 18.5 Å². The van der Waals surface area contributed by atoms with Crippen LogP contribution in [0.15, 0.2) is 48.6 Å². The molecule has 6 heteroatoms. The number of ether oxygens (including phenoxy) is 1. The standard InChI is InChI=1S/C74H139NO5/c1-3-5-7-9-11-13-15-17-19-20-21-22-23-26-29-32-35-39-42-46-50-54-58-62-66-72(77)71(70-76)75-73(78)67-63-59-55-51-47-43-40-36-33-30-27-24-25-28-31-34-37-41-45-49-53-57-61-65-69-80-74(79)68-64-60-56-52-48-44-38-18-16-14-12-10-8-6-4-2/h12,14,18,27,30,38,62,66,71-72,76-77H,3-11,13,15-17,19-26,28-29,31-37,39-61,63-65,67-70H2,1-2H3,(H,75,78)/b14-12-,30-27-,38-18-,66-62+. The minimum atomic E-state index is -0.850. The summed E-state index contributed by atoms with van der Waals surface area (Å²) in [5, 5.41) is 23.3. The number of nitrogens with one attached hydrogen (secondary N) is 1. The van der Waals surface area contributed by atoms with Crippen molar-refractivity contribution in [2.24, 2.45) is 0 Å². The summed E-state index contributed by atoms with van der Waals surface area (Å²) < 4.78 is 5.48. The van der Waals surface area contributed by atoms with Crippen molar-refractivity contribution >= 4 is 11.9 Å². The lowest BCUT2D eigenvalue weighted by Crippen LogP contribution is -2.45. The Hall–Kier alpha value is -2.18. The summed E-state index contributed by atoms with van der Waals surface area (Å²) in [6.45, 7) is 4.90. The summed E-state index contributed by atoms with van der Waals surface area (Å²) in [6.07, 6.45) is 90.4. The van der Waals surface area contributed by atoms with Gasteiger partial charge in [-0.25, -0.2) is 0 Å². The SMILES string of the molecule is CCCCC/C=C\C/C=C\CCCCCCCC(=O)OCCCCCCCCCCCCCC/C=C\CCCCCCCCCCC(=O)NC(CO)C(O)/C=C/CCCCCCCCCCCCCCCCCCCCCCCC. The van der Waals surface area contributed by atoms with E-state index in [4.69, 9.17) is 4.74 Å². The van der Waals surface area contributed by atoms with Crippen LogP contribution in [-0.2, 0) is 14.3 Å². The third-order valence-corrected chi connectivity index (χ3v) is 16.6. The highest BCUT2D eigenvalue weighted by atomic mass is 16.5. The van der Waals surface area contributed by atoms with Crippen molar-refractivity contribution in [2.75, 3.05) is 13.2 Å². The number of esters is 1. The van der Waals surface area contributed by atoms with Gasteiger partial charge in [-0.3, -0.25) is 9.59 Å². The Morgan fingerprint density at radius 3 is 0.988 bits per heavy atom. The van der Waals surface area contributed by atoms with Crippen molar-refractivity contribution in [1.82, 2.24) is 5.32 Å². The number of carbonyl (C=O) groups excluding carboxylic acids is 2. The number of aliphatic hydroxyl groups is 2. The van der Waals surface area contributed by atoms with E-state index in [9.17, 15) is 19.8 Å². The van der Waals surface area contributed by atoms with Crippen molar-refractivity contribution in [1.29, 1.82) is 0 Å². The van der Waals surface area contributed by atoms with Crippen LogP contribution in [0.4, 0.5) is 0 Å². The van der Waals surface area contributed by atoms with E-state index in [2.05, 4.69) is 55.6 Å². The number of carbonyl (C=O) groups is 2. The molecular weight excluding hydrogens is 983 g/mol. The summed E-state index contributed by atoms with van der Waals surface area (Å²) in [4.78, 5) is 24.6. The van der Waals surface area contributed by atoms with Gasteiger partial charge in [0.05, 0.1) is 25.4 Å². The molecule has 0 saturated carbocycles. The van der Waals surface area contributed by atoms with Crippen LogP contribution in [0, 0.1) is 0 Å². The predicted molar refractivity (Wildman–Crippen MR) is 352 cm³/mol. The Labute approximate surface area is 499 Å². The van der Waals surface area contributed by atoms with E-state index in [1.165, 1.54) is 308 Å². The van der Waals surface area contributed by atoms with Gasteiger partial charge in [0.1, 0.15) is 0 Å². The van der Waals surface area contributed by atoms with E-state index < -0.39 is 12.1 Å². The molecule has 0 aromatic carbocycles. The largest absolute Gasteiger partial charge is 0.466 e. The van der Waals surface area contributed by atoms with Crippen LogP contribution in [0.3, 0.4) is 0 Å². The van der Waals surface area contributed by atoms with Gasteiger partial charge in [0.15, 0.2) is 0 Å². The second-order valence-electron chi connectivity index (χ2n) is 24.6. The molecule has 2 unspecified atom stereocenters. The molecule has 0 saturated heterocycles. The molecule has 80 heavy (non-hydrogen) atoms. The molecule has 0 bridgehead atoms. The van der Waals surface area contributed by atoms with Gasteiger partial charge in [0.2, 0.25) is 5.91 Å². The second kappa shape index (κ2) is 69.3. The summed E-state index contributed by atoms with van der Waals surface area (Å²) in [5.41, 5.74) is 0. The van der Waals surface area contributed by atoms with Crippen molar-refractivity contribution < 1.29 is 24.5 Å². The molecule has 470 valence electrons. The zero-order valence-electron chi connectivity index (χ0n) is 53.8. The number of hydrogen-bond acceptors (Lipinski definition) is 5. The van der Waals surface area contributed by atoms with Gasteiger partial charge in [-0.15, -0.1) is 0 Å². The highest BCUT2D eigenvalue weighted by Crippen LogP contribution is 2.18. The lowest BCUT2D eigenvalue weighted by Gasteiger charge is -2.20. The smallest absolute Gasteiger partial charge is 0.305 e. The van der Waals surface area contributed by atoms with Crippen LogP contribution >= 0.6 is 0 Å². The maximum Gasteiger partial charge on any atom is 0.305 e. The first-order valence-electron chi connectivity index (χ1n) is 35.9. The molecule has 0 aliphatic carbocycles. The maximum absolute atomic E-state index is 12.5. The van der Waals surface area contributed by atoms with Crippen molar-refractivity contribution in [3.8, 4) is 0 Å². The number of allylic oxidation sites excluding steroid dienone is 7. The monoisotopic (exact) mass is 1120 g/mol. The van der Waals surface area contributed by atoms with Gasteiger partial charge in [-0.2, -0.15) is 0 Å². The molecule has 1 amide bonds. The van der Waals surface area contributed by atoms with Crippen molar-refractivity contribution in [2.45, 2.75) is 398 Å². The van der Waals surface area contributed by atoms with Crippen LogP contribution in [0.1, 0.15) is 386 Å². The number of hydrogen-bond donors (Lipinski definition) is 3. The lowest BCUT2D eigenvalue weighted by atomic mass is 10.0. The maximum atomic E-state index is 12.5. The third kappa shape index (κ3) is 65.0. The van der Waals surface area contributed by atoms with Crippen LogP contribution in [0.25, 0.3) is 0 Å². The lowest BCUT2D eigenvalue weighted by molar-refractivity contribution is -0.143. The summed E-state index contributed by atoms with van der Waals surface area (Å²) in [7, 11) is 0. The van der Waals surface area contributed by atoms with E-state index >= 15 is 0 Å². The first-order valence-corrected chi connectivity index (χ1v) is 35.9. The van der Waals surface area contributed by atoms with Crippen LogP contribution in [0.2, 0.25) is 0 Å². The Balaban J connectivity index is 3.44. The molecule has 0 radical (unpaired) electrons. The van der Waals surface area contributed by atoms with Gasteiger partial charge >= 0.3 is 5.97 Å². The molecule has 0 aliphatic rings. The van der Waals surface area contributed by atoms with Gasteiger partial charge in [0.25, 0.3) is 0 Å². The first-order chi connectivity index (χ1) is 39.5. The Kier molecular flexibility index (Phi) is 67.4. The minimum Gasteiger partial charge on any atom is -0.466 e. The second-order valence-corrected chi connectivity index (χ2v) is 24.6. The molecule has 0 aromatic heterocycles. The zero-order valence-corrected chi connectivity index (χ0v) is 53.8. The predicted octanol–water partition coefficient (Wildman–Crippen LogP) is 23.3. The molecule has 2 atom stereocenters. The molecule has 0 heterocycles. The third-order valence-electron chi connectivity index (χ3n) is 16.6. The molecule has 6 nitrogen and oxygen atoms in total. The number of rotatable bonds is 67. The van der Waals surface area contributed by atoms with Crippen molar-refractivity contribution in [3.05, 3.63) is 48.6 Å². The quantitative estimate of drug-likeness (QED) is 0.0320. The first kappa shape index (κ1) is 77.8. The minimum absolute atomic E-state index is 0.00170. The fourth-order valence-corrected chi connectivity index (χ4v) is 11.1. The highest BCUT2D eigenvalue weighted by molar-refractivity contribution is 5.76. The van der Waals surface area contributed by atoms with Crippen LogP contribution in [0.5, 0.6) is 0 Å². The summed E-state index contributed by atoms with van der Waals surface area (Å²) in [6, 6.07) is -0.634. The Morgan fingerprint density at radius 1 is 0.350 bits per heavy atom. The van der Waals surface area contributed by atoms with Crippen LogP contribution < -0.4 is 5.32 Å². The number of aliphatic hydroxyl groups excluding tert-OH is 2. The van der Waals surface area contributed by atoms with E-state index in [1.807, 2.05) is 6.08 Å². The van der Waals surface area contributed by atoms with Crippen molar-refractivity contribution in [3.63, 3.8) is 0 Å².